The van der Waals surface area contributed by atoms with Crippen LogP contribution in [0.25, 0.3) is 0 Å². The van der Waals surface area contributed by atoms with E-state index in [1.165, 1.54) is 0 Å². The molecule has 2 heterocycles. The van der Waals surface area contributed by atoms with E-state index in [4.69, 9.17) is 0 Å². The highest BCUT2D eigenvalue weighted by Gasteiger charge is 2.15. The zero-order valence-corrected chi connectivity index (χ0v) is 10.2. The summed E-state index contributed by atoms with van der Waals surface area (Å²) >= 11 is 0. The Morgan fingerprint density at radius 2 is 2.05 bits per heavy atom. The van der Waals surface area contributed by atoms with Crippen LogP contribution in [-0.2, 0) is 6.54 Å². The molecule has 2 rings (SSSR count). The Kier molecular flexibility index (Phi) is 3.79. The largest absolute Gasteiger partial charge is 0.348 e. The average molecular weight is 263 g/mol. The van der Waals surface area contributed by atoms with Crippen LogP contribution in [0.2, 0.25) is 0 Å². The first-order valence-electron chi connectivity index (χ1n) is 5.57. The van der Waals surface area contributed by atoms with Crippen LogP contribution in [0.1, 0.15) is 21.6 Å². The van der Waals surface area contributed by atoms with Gasteiger partial charge < -0.3 is 5.32 Å². The predicted octanol–water partition coefficient (Wildman–Crippen LogP) is 1.99. The molecule has 0 bridgehead atoms. The maximum atomic E-state index is 13.3. The van der Waals surface area contributed by atoms with Crippen molar-refractivity contribution in [2.75, 3.05) is 0 Å². The fourth-order valence-corrected chi connectivity index (χ4v) is 1.47. The number of pyridine rings is 2. The summed E-state index contributed by atoms with van der Waals surface area (Å²) in [7, 11) is 0. The number of nitrogens with zero attached hydrogens (tertiary/aromatic N) is 2. The molecule has 4 nitrogen and oxygen atoms in total. The highest BCUT2D eigenvalue weighted by Crippen LogP contribution is 2.09. The van der Waals surface area contributed by atoms with E-state index in [1.807, 2.05) is 6.92 Å². The van der Waals surface area contributed by atoms with Gasteiger partial charge in [-0.25, -0.2) is 9.37 Å². The Labute approximate surface area is 108 Å². The lowest BCUT2D eigenvalue weighted by atomic mass is 10.2. The Morgan fingerprint density at radius 3 is 2.74 bits per heavy atom. The second-order valence-electron chi connectivity index (χ2n) is 3.95. The standard InChI is InChI=1S/C13H11F2N3O/c1-8-2-3-9(6-17-8)7-18-13(19)10-4-5-16-12(15)11(10)14/h2-6H,7H2,1H3,(H,18,19). The Balaban J connectivity index is 2.05. The predicted molar refractivity (Wildman–Crippen MR) is 64.3 cm³/mol. The minimum Gasteiger partial charge on any atom is -0.348 e. The summed E-state index contributed by atoms with van der Waals surface area (Å²) in [5.74, 6) is -3.23. The molecule has 0 spiro atoms. The van der Waals surface area contributed by atoms with Gasteiger partial charge in [0.2, 0.25) is 5.95 Å². The van der Waals surface area contributed by atoms with E-state index in [1.54, 1.807) is 18.3 Å². The fourth-order valence-electron chi connectivity index (χ4n) is 1.47. The number of rotatable bonds is 3. The fraction of sp³-hybridized carbons (Fsp3) is 0.154. The third-order valence-electron chi connectivity index (χ3n) is 2.52. The van der Waals surface area contributed by atoms with Crippen molar-refractivity contribution < 1.29 is 13.6 Å². The summed E-state index contributed by atoms with van der Waals surface area (Å²) in [6, 6.07) is 4.72. The molecule has 0 saturated carbocycles. The van der Waals surface area contributed by atoms with E-state index >= 15 is 0 Å². The molecule has 0 radical (unpaired) electrons. The van der Waals surface area contributed by atoms with Crippen molar-refractivity contribution >= 4 is 5.91 Å². The van der Waals surface area contributed by atoms with Gasteiger partial charge in [-0.3, -0.25) is 9.78 Å². The van der Waals surface area contributed by atoms with Gasteiger partial charge in [0.05, 0.1) is 5.56 Å². The number of halogens is 2. The number of carbonyl (C=O) groups is 1. The van der Waals surface area contributed by atoms with Crippen molar-refractivity contribution in [2.45, 2.75) is 13.5 Å². The van der Waals surface area contributed by atoms with Gasteiger partial charge in [-0.2, -0.15) is 4.39 Å². The molecule has 0 aliphatic rings. The zero-order valence-electron chi connectivity index (χ0n) is 10.2. The van der Waals surface area contributed by atoms with E-state index in [9.17, 15) is 13.6 Å². The molecule has 2 aromatic heterocycles. The molecule has 1 amide bonds. The van der Waals surface area contributed by atoms with Gasteiger partial charge in [-0.05, 0) is 24.6 Å². The Bertz CT molecular complexity index is 599. The third kappa shape index (κ3) is 3.09. The first-order chi connectivity index (χ1) is 9.08. The molecule has 6 heteroatoms. The van der Waals surface area contributed by atoms with Gasteiger partial charge in [0.25, 0.3) is 5.91 Å². The highest BCUT2D eigenvalue weighted by atomic mass is 19.2. The number of amides is 1. The highest BCUT2D eigenvalue weighted by molar-refractivity contribution is 5.94. The quantitative estimate of drug-likeness (QED) is 0.862. The van der Waals surface area contributed by atoms with Crippen LogP contribution >= 0.6 is 0 Å². The first kappa shape index (κ1) is 13.1. The number of hydrogen-bond acceptors (Lipinski definition) is 3. The number of nitrogens with one attached hydrogen (secondary N) is 1. The Hall–Kier alpha value is -2.37. The van der Waals surface area contributed by atoms with Crippen LogP contribution in [0.5, 0.6) is 0 Å². The molecular weight excluding hydrogens is 252 g/mol. The number of carbonyl (C=O) groups excluding carboxylic acids is 1. The van der Waals surface area contributed by atoms with Crippen LogP contribution in [0.4, 0.5) is 8.78 Å². The summed E-state index contributed by atoms with van der Waals surface area (Å²) in [5, 5.41) is 2.49. The van der Waals surface area contributed by atoms with Crippen molar-refractivity contribution in [3.63, 3.8) is 0 Å². The molecule has 19 heavy (non-hydrogen) atoms. The van der Waals surface area contributed by atoms with Crippen LogP contribution in [0.3, 0.4) is 0 Å². The van der Waals surface area contributed by atoms with E-state index in [-0.39, 0.29) is 12.1 Å². The molecule has 0 saturated heterocycles. The molecule has 0 fully saturated rings. The van der Waals surface area contributed by atoms with Crippen molar-refractivity contribution in [1.29, 1.82) is 0 Å². The number of hydrogen-bond donors (Lipinski definition) is 1. The van der Waals surface area contributed by atoms with Gasteiger partial charge in [-0.1, -0.05) is 6.07 Å². The summed E-state index contributed by atoms with van der Waals surface area (Å²) in [6.07, 6.45) is 2.65. The molecule has 2 aromatic rings. The maximum Gasteiger partial charge on any atom is 0.254 e. The van der Waals surface area contributed by atoms with Gasteiger partial charge in [0.15, 0.2) is 5.82 Å². The second kappa shape index (κ2) is 5.51. The molecule has 1 N–H and O–H groups in total. The van der Waals surface area contributed by atoms with Crippen molar-refractivity contribution in [3.8, 4) is 0 Å². The van der Waals surface area contributed by atoms with Crippen molar-refractivity contribution in [1.82, 2.24) is 15.3 Å². The third-order valence-corrected chi connectivity index (χ3v) is 2.52. The van der Waals surface area contributed by atoms with Crippen LogP contribution < -0.4 is 5.32 Å². The van der Waals surface area contributed by atoms with Crippen LogP contribution in [-0.4, -0.2) is 15.9 Å². The van der Waals surface area contributed by atoms with Gasteiger partial charge in [0, 0.05) is 24.6 Å². The molecule has 0 aliphatic carbocycles. The molecule has 98 valence electrons. The molecule has 0 unspecified atom stereocenters. The molecular formula is C13H11F2N3O. The summed E-state index contributed by atoms with van der Waals surface area (Å²) in [4.78, 5) is 18.9. The zero-order chi connectivity index (χ0) is 13.8. The van der Waals surface area contributed by atoms with Crippen LogP contribution in [0.15, 0.2) is 30.6 Å². The first-order valence-corrected chi connectivity index (χ1v) is 5.57. The smallest absolute Gasteiger partial charge is 0.254 e. The lowest BCUT2D eigenvalue weighted by molar-refractivity contribution is 0.0945. The second-order valence-corrected chi connectivity index (χ2v) is 3.95. The summed E-state index contributed by atoms with van der Waals surface area (Å²) in [5.41, 5.74) is 1.26. The van der Waals surface area contributed by atoms with Gasteiger partial charge in [0.1, 0.15) is 0 Å². The van der Waals surface area contributed by atoms with Gasteiger partial charge in [-0.15, -0.1) is 0 Å². The normalized spacial score (nSPS) is 10.3. The Morgan fingerprint density at radius 1 is 1.26 bits per heavy atom. The lowest BCUT2D eigenvalue weighted by Gasteiger charge is -2.06. The lowest BCUT2D eigenvalue weighted by Crippen LogP contribution is -2.24. The van der Waals surface area contributed by atoms with E-state index < -0.39 is 17.7 Å². The minimum atomic E-state index is -1.29. The monoisotopic (exact) mass is 263 g/mol. The van der Waals surface area contributed by atoms with E-state index in [0.717, 1.165) is 23.5 Å². The maximum absolute atomic E-state index is 13.3. The van der Waals surface area contributed by atoms with Crippen molar-refractivity contribution in [2.24, 2.45) is 0 Å². The molecule has 0 aliphatic heterocycles. The molecule has 0 aromatic carbocycles. The molecule has 0 atom stereocenters. The number of aromatic nitrogens is 2. The van der Waals surface area contributed by atoms with E-state index in [0.29, 0.717) is 0 Å². The van der Waals surface area contributed by atoms with E-state index in [2.05, 4.69) is 15.3 Å². The summed E-state index contributed by atoms with van der Waals surface area (Å²) < 4.78 is 26.2. The van der Waals surface area contributed by atoms with Crippen LogP contribution in [0, 0.1) is 18.7 Å². The number of aryl methyl sites for hydroxylation is 1. The topological polar surface area (TPSA) is 54.9 Å². The summed E-state index contributed by atoms with van der Waals surface area (Å²) in [6.45, 7) is 2.03. The minimum absolute atomic E-state index is 0.190. The average Bonchev–Trinajstić information content (AvgIpc) is 2.41. The van der Waals surface area contributed by atoms with Crippen molar-refractivity contribution in [3.05, 3.63) is 59.2 Å². The SMILES string of the molecule is Cc1ccc(CNC(=O)c2ccnc(F)c2F)cn1. The van der Waals surface area contributed by atoms with Gasteiger partial charge >= 0.3 is 0 Å².